The first kappa shape index (κ1) is 13.7. The zero-order valence-corrected chi connectivity index (χ0v) is 10.0. The van der Waals surface area contributed by atoms with E-state index < -0.39 is 0 Å². The van der Waals surface area contributed by atoms with Crippen LogP contribution in [0.2, 0.25) is 0 Å². The second-order valence-corrected chi connectivity index (χ2v) is 4.43. The molecule has 0 amide bonds. The smallest absolute Gasteiger partial charge is 0.00773 e. The van der Waals surface area contributed by atoms with Gasteiger partial charge in [-0.25, -0.2) is 0 Å². The maximum Gasteiger partial charge on any atom is -0.00773 e. The second-order valence-electron chi connectivity index (χ2n) is 4.43. The predicted octanol–water partition coefficient (Wildman–Crippen LogP) is 3.89. The summed E-state index contributed by atoms with van der Waals surface area (Å²) >= 11 is 0. The molecule has 2 N–H and O–H groups in total. The highest BCUT2D eigenvalue weighted by molar-refractivity contribution is 4.89. The molecule has 1 atom stereocenters. The van der Waals surface area contributed by atoms with Gasteiger partial charge in [0.15, 0.2) is 0 Å². The van der Waals surface area contributed by atoms with E-state index in [0.717, 1.165) is 12.5 Å². The van der Waals surface area contributed by atoms with E-state index in [4.69, 9.17) is 5.73 Å². The van der Waals surface area contributed by atoms with Crippen LogP contribution < -0.4 is 5.73 Å². The van der Waals surface area contributed by atoms with Crippen LogP contribution in [0.1, 0.15) is 58.8 Å². The molecule has 0 saturated carbocycles. The summed E-state index contributed by atoms with van der Waals surface area (Å²) in [5.41, 5.74) is 6.78. The largest absolute Gasteiger partial charge is 0.330 e. The first-order chi connectivity index (χ1) is 6.70. The monoisotopic (exact) mass is 197 g/mol. The van der Waals surface area contributed by atoms with Crippen molar-refractivity contribution in [2.45, 2.75) is 58.8 Å². The predicted molar refractivity (Wildman–Crippen MR) is 65.4 cm³/mol. The fraction of sp³-hybridized carbons (Fsp3) is 0.846. The molecule has 1 unspecified atom stereocenters. The average Bonchev–Trinajstić information content (AvgIpc) is 2.15. The van der Waals surface area contributed by atoms with Gasteiger partial charge in [-0.05, 0) is 32.2 Å². The summed E-state index contributed by atoms with van der Waals surface area (Å²) in [6, 6.07) is 0. The van der Waals surface area contributed by atoms with Crippen LogP contribution in [0.3, 0.4) is 0 Å². The zero-order valence-electron chi connectivity index (χ0n) is 10.0. The van der Waals surface area contributed by atoms with Crippen molar-refractivity contribution < 1.29 is 0 Å². The molecule has 14 heavy (non-hydrogen) atoms. The van der Waals surface area contributed by atoms with E-state index in [1.54, 1.807) is 0 Å². The van der Waals surface area contributed by atoms with E-state index in [-0.39, 0.29) is 0 Å². The van der Waals surface area contributed by atoms with Crippen molar-refractivity contribution in [1.29, 1.82) is 0 Å². The molecule has 1 nitrogen and oxygen atoms in total. The number of rotatable bonds is 9. The van der Waals surface area contributed by atoms with Gasteiger partial charge in [-0.15, -0.1) is 6.58 Å². The number of unbranched alkanes of at least 4 members (excludes halogenated alkanes) is 3. The third-order valence-corrected chi connectivity index (χ3v) is 2.78. The molecule has 0 aromatic carbocycles. The molecule has 0 heterocycles. The SMILES string of the molecule is C=C(C)CC(CC)CCCCCCN. The Bertz CT molecular complexity index is 140. The summed E-state index contributed by atoms with van der Waals surface area (Å²) in [5.74, 6) is 0.866. The molecule has 0 aliphatic rings. The van der Waals surface area contributed by atoms with E-state index in [0.29, 0.717) is 0 Å². The molecule has 0 bridgehead atoms. The second kappa shape index (κ2) is 9.26. The number of nitrogens with two attached hydrogens (primary N) is 1. The van der Waals surface area contributed by atoms with Crippen molar-refractivity contribution in [2.75, 3.05) is 6.54 Å². The van der Waals surface area contributed by atoms with Gasteiger partial charge in [-0.3, -0.25) is 0 Å². The normalized spacial score (nSPS) is 12.8. The molecule has 0 rings (SSSR count). The van der Waals surface area contributed by atoms with Crippen molar-refractivity contribution in [3.05, 3.63) is 12.2 Å². The standard InChI is InChI=1S/C13H27N/c1-4-13(11-12(2)3)9-7-5-6-8-10-14/h13H,2,4-11,14H2,1,3H3. The van der Waals surface area contributed by atoms with Crippen molar-refractivity contribution in [2.24, 2.45) is 11.7 Å². The highest BCUT2D eigenvalue weighted by Gasteiger charge is 2.05. The minimum absolute atomic E-state index is 0.850. The third-order valence-electron chi connectivity index (χ3n) is 2.78. The fourth-order valence-electron chi connectivity index (χ4n) is 1.87. The minimum atomic E-state index is 0.850. The first-order valence-corrected chi connectivity index (χ1v) is 6.05. The van der Waals surface area contributed by atoms with Gasteiger partial charge in [0.2, 0.25) is 0 Å². The maximum absolute atomic E-state index is 5.45. The Morgan fingerprint density at radius 1 is 1.21 bits per heavy atom. The van der Waals surface area contributed by atoms with Gasteiger partial charge in [0.05, 0.1) is 0 Å². The molecule has 0 saturated heterocycles. The summed E-state index contributed by atoms with van der Waals surface area (Å²) in [6.07, 6.45) is 9.10. The molecule has 0 aliphatic carbocycles. The van der Waals surface area contributed by atoms with Crippen LogP contribution in [-0.4, -0.2) is 6.54 Å². The molecule has 0 fully saturated rings. The van der Waals surface area contributed by atoms with Gasteiger partial charge in [0, 0.05) is 0 Å². The minimum Gasteiger partial charge on any atom is -0.330 e. The Kier molecular flexibility index (Phi) is 9.06. The first-order valence-electron chi connectivity index (χ1n) is 6.05. The molecular weight excluding hydrogens is 170 g/mol. The van der Waals surface area contributed by atoms with Crippen LogP contribution >= 0.6 is 0 Å². The molecule has 0 radical (unpaired) electrons. The van der Waals surface area contributed by atoms with Crippen LogP contribution in [0.25, 0.3) is 0 Å². The summed E-state index contributed by atoms with van der Waals surface area (Å²) in [4.78, 5) is 0. The molecule has 0 aliphatic heterocycles. The van der Waals surface area contributed by atoms with Crippen LogP contribution in [0.5, 0.6) is 0 Å². The Hall–Kier alpha value is -0.300. The summed E-state index contributed by atoms with van der Waals surface area (Å²) < 4.78 is 0. The van der Waals surface area contributed by atoms with E-state index in [1.165, 1.54) is 50.5 Å². The summed E-state index contributed by atoms with van der Waals surface area (Å²) in [5, 5.41) is 0. The highest BCUT2D eigenvalue weighted by atomic mass is 14.5. The number of allylic oxidation sites excluding steroid dienone is 1. The maximum atomic E-state index is 5.45. The van der Waals surface area contributed by atoms with Crippen molar-refractivity contribution in [3.63, 3.8) is 0 Å². The average molecular weight is 197 g/mol. The van der Waals surface area contributed by atoms with Crippen molar-refractivity contribution in [3.8, 4) is 0 Å². The molecule has 1 heteroatoms. The number of hydrogen-bond acceptors (Lipinski definition) is 1. The topological polar surface area (TPSA) is 26.0 Å². The Morgan fingerprint density at radius 3 is 2.36 bits per heavy atom. The van der Waals surface area contributed by atoms with Crippen molar-refractivity contribution in [1.82, 2.24) is 0 Å². The molecule has 0 aromatic rings. The van der Waals surface area contributed by atoms with E-state index >= 15 is 0 Å². The van der Waals surface area contributed by atoms with Gasteiger partial charge in [-0.1, -0.05) is 44.6 Å². The Morgan fingerprint density at radius 2 is 1.86 bits per heavy atom. The van der Waals surface area contributed by atoms with Crippen LogP contribution in [0.15, 0.2) is 12.2 Å². The van der Waals surface area contributed by atoms with Gasteiger partial charge in [-0.2, -0.15) is 0 Å². The Balaban J connectivity index is 3.38. The lowest BCUT2D eigenvalue weighted by atomic mass is 9.92. The molecule has 0 aromatic heterocycles. The van der Waals surface area contributed by atoms with Crippen LogP contribution in [0.4, 0.5) is 0 Å². The molecule has 0 spiro atoms. The van der Waals surface area contributed by atoms with Gasteiger partial charge >= 0.3 is 0 Å². The third kappa shape index (κ3) is 8.31. The van der Waals surface area contributed by atoms with Crippen molar-refractivity contribution >= 4 is 0 Å². The number of hydrogen-bond donors (Lipinski definition) is 1. The fourth-order valence-corrected chi connectivity index (χ4v) is 1.87. The van der Waals surface area contributed by atoms with Crippen LogP contribution in [0, 0.1) is 5.92 Å². The highest BCUT2D eigenvalue weighted by Crippen LogP contribution is 2.20. The molecule has 84 valence electrons. The van der Waals surface area contributed by atoms with E-state index in [2.05, 4.69) is 20.4 Å². The quantitative estimate of drug-likeness (QED) is 0.440. The zero-order chi connectivity index (χ0) is 10.8. The lowest BCUT2D eigenvalue weighted by Gasteiger charge is -2.14. The lowest BCUT2D eigenvalue weighted by Crippen LogP contribution is -2.00. The van der Waals surface area contributed by atoms with Gasteiger partial charge in [0.1, 0.15) is 0 Å². The lowest BCUT2D eigenvalue weighted by molar-refractivity contribution is 0.437. The Labute approximate surface area is 89.8 Å². The van der Waals surface area contributed by atoms with Crippen LogP contribution in [-0.2, 0) is 0 Å². The summed E-state index contributed by atoms with van der Waals surface area (Å²) in [7, 11) is 0. The molecular formula is C13H27N. The van der Waals surface area contributed by atoms with Gasteiger partial charge in [0.25, 0.3) is 0 Å². The van der Waals surface area contributed by atoms with E-state index in [1.807, 2.05) is 0 Å². The van der Waals surface area contributed by atoms with Gasteiger partial charge < -0.3 is 5.73 Å². The van der Waals surface area contributed by atoms with E-state index in [9.17, 15) is 0 Å². The summed E-state index contributed by atoms with van der Waals surface area (Å²) in [6.45, 7) is 9.26.